The van der Waals surface area contributed by atoms with Crippen LogP contribution in [0.1, 0.15) is 23.7 Å². The van der Waals surface area contributed by atoms with Gasteiger partial charge in [0.25, 0.3) is 5.69 Å². The van der Waals surface area contributed by atoms with Crippen molar-refractivity contribution in [1.29, 1.82) is 0 Å². The van der Waals surface area contributed by atoms with Gasteiger partial charge in [-0.2, -0.15) is 0 Å². The molecule has 6 nitrogen and oxygen atoms in total. The SMILES string of the molecule is C=CC(C)(Cc1ncc(C)c([N+](=O)[O-])c1C)C(=O)O. The fourth-order valence-electron chi connectivity index (χ4n) is 1.81. The number of rotatable bonds is 5. The Balaban J connectivity index is 3.31. The minimum absolute atomic E-state index is 0.0122. The molecule has 0 aliphatic carbocycles. The summed E-state index contributed by atoms with van der Waals surface area (Å²) >= 11 is 0. The topological polar surface area (TPSA) is 93.3 Å². The molecular formula is C13H16N2O4. The van der Waals surface area contributed by atoms with Crippen LogP contribution in [-0.4, -0.2) is 21.0 Å². The van der Waals surface area contributed by atoms with E-state index in [1.54, 1.807) is 13.8 Å². The van der Waals surface area contributed by atoms with Crippen LogP contribution in [0.3, 0.4) is 0 Å². The van der Waals surface area contributed by atoms with Gasteiger partial charge < -0.3 is 5.11 Å². The Hall–Kier alpha value is -2.24. The summed E-state index contributed by atoms with van der Waals surface area (Å²) in [6, 6.07) is 0. The van der Waals surface area contributed by atoms with Crippen molar-refractivity contribution < 1.29 is 14.8 Å². The van der Waals surface area contributed by atoms with Crippen LogP contribution >= 0.6 is 0 Å². The van der Waals surface area contributed by atoms with Gasteiger partial charge in [0.2, 0.25) is 0 Å². The van der Waals surface area contributed by atoms with Crippen LogP contribution in [-0.2, 0) is 11.2 Å². The van der Waals surface area contributed by atoms with Crippen LogP contribution in [0.25, 0.3) is 0 Å². The zero-order chi connectivity index (χ0) is 14.8. The van der Waals surface area contributed by atoms with Crippen LogP contribution in [0.5, 0.6) is 0 Å². The number of aromatic nitrogens is 1. The molecule has 0 radical (unpaired) electrons. The number of nitrogens with zero attached hydrogens (tertiary/aromatic N) is 2. The van der Waals surface area contributed by atoms with Crippen molar-refractivity contribution in [1.82, 2.24) is 4.98 Å². The van der Waals surface area contributed by atoms with E-state index in [9.17, 15) is 20.0 Å². The lowest BCUT2D eigenvalue weighted by Gasteiger charge is -2.20. The Morgan fingerprint density at radius 2 is 2.21 bits per heavy atom. The molecule has 102 valence electrons. The molecule has 0 fully saturated rings. The lowest BCUT2D eigenvalue weighted by molar-refractivity contribution is -0.386. The van der Waals surface area contributed by atoms with E-state index in [0.29, 0.717) is 16.8 Å². The van der Waals surface area contributed by atoms with Crippen LogP contribution in [0.4, 0.5) is 5.69 Å². The van der Waals surface area contributed by atoms with Gasteiger partial charge in [0.05, 0.1) is 16.0 Å². The molecule has 1 aromatic rings. The molecule has 1 aromatic heterocycles. The standard InChI is InChI=1S/C13H16N2O4/c1-5-13(4,12(16)17)6-10-9(3)11(15(18)19)8(2)7-14-10/h5,7H,1,6H2,2-4H3,(H,16,17). The van der Waals surface area contributed by atoms with E-state index in [0.717, 1.165) is 0 Å². The Morgan fingerprint density at radius 1 is 1.63 bits per heavy atom. The van der Waals surface area contributed by atoms with Gasteiger partial charge in [-0.3, -0.25) is 19.9 Å². The van der Waals surface area contributed by atoms with Crippen molar-refractivity contribution in [2.75, 3.05) is 0 Å². The first kappa shape index (κ1) is 14.8. The van der Waals surface area contributed by atoms with Gasteiger partial charge in [-0.15, -0.1) is 6.58 Å². The highest BCUT2D eigenvalue weighted by molar-refractivity contribution is 5.77. The van der Waals surface area contributed by atoms with Gasteiger partial charge >= 0.3 is 5.97 Å². The maximum atomic E-state index is 11.2. The average Bonchev–Trinajstić information content (AvgIpc) is 2.32. The molecule has 0 aromatic carbocycles. The Labute approximate surface area is 110 Å². The zero-order valence-corrected chi connectivity index (χ0v) is 11.1. The molecule has 1 atom stereocenters. The summed E-state index contributed by atoms with van der Waals surface area (Å²) in [6.07, 6.45) is 2.78. The van der Waals surface area contributed by atoms with Crippen LogP contribution in [0.2, 0.25) is 0 Å². The average molecular weight is 264 g/mol. The van der Waals surface area contributed by atoms with Gasteiger partial charge in [0.15, 0.2) is 0 Å². The summed E-state index contributed by atoms with van der Waals surface area (Å²) in [6.45, 7) is 8.21. The van der Waals surface area contributed by atoms with Crippen molar-refractivity contribution >= 4 is 11.7 Å². The third-order valence-electron chi connectivity index (χ3n) is 3.23. The maximum absolute atomic E-state index is 11.2. The number of carbonyl (C=O) groups is 1. The molecule has 0 bridgehead atoms. The highest BCUT2D eigenvalue weighted by Gasteiger charge is 2.32. The van der Waals surface area contributed by atoms with Gasteiger partial charge in [-0.05, 0) is 20.8 Å². The summed E-state index contributed by atoms with van der Waals surface area (Å²) in [7, 11) is 0. The molecule has 1 N–H and O–H groups in total. The number of carboxylic acids is 1. The Morgan fingerprint density at radius 3 is 2.63 bits per heavy atom. The Bertz CT molecular complexity index is 554. The van der Waals surface area contributed by atoms with Gasteiger partial charge in [-0.25, -0.2) is 0 Å². The highest BCUT2D eigenvalue weighted by atomic mass is 16.6. The van der Waals surface area contributed by atoms with Crippen molar-refractivity contribution in [3.8, 4) is 0 Å². The summed E-state index contributed by atoms with van der Waals surface area (Å²) in [4.78, 5) is 25.9. The van der Waals surface area contributed by atoms with E-state index >= 15 is 0 Å². The van der Waals surface area contributed by atoms with E-state index in [2.05, 4.69) is 11.6 Å². The predicted octanol–water partition coefficient (Wildman–Crippen LogP) is 2.43. The smallest absolute Gasteiger partial charge is 0.313 e. The lowest BCUT2D eigenvalue weighted by Crippen LogP contribution is -2.28. The van der Waals surface area contributed by atoms with Gasteiger partial charge in [0, 0.05) is 23.7 Å². The van der Waals surface area contributed by atoms with E-state index in [-0.39, 0.29) is 12.1 Å². The zero-order valence-electron chi connectivity index (χ0n) is 11.1. The van der Waals surface area contributed by atoms with Crippen molar-refractivity contribution in [3.05, 3.63) is 45.8 Å². The highest BCUT2D eigenvalue weighted by Crippen LogP contribution is 2.30. The summed E-state index contributed by atoms with van der Waals surface area (Å²) < 4.78 is 0. The summed E-state index contributed by atoms with van der Waals surface area (Å²) in [5, 5.41) is 20.2. The fraction of sp³-hybridized carbons (Fsp3) is 0.385. The van der Waals surface area contributed by atoms with E-state index in [1.165, 1.54) is 19.2 Å². The molecule has 0 spiro atoms. The molecule has 6 heteroatoms. The van der Waals surface area contributed by atoms with Crippen molar-refractivity contribution in [2.45, 2.75) is 27.2 Å². The van der Waals surface area contributed by atoms with Crippen LogP contribution in [0.15, 0.2) is 18.9 Å². The molecule has 0 saturated heterocycles. The number of hydrogen-bond acceptors (Lipinski definition) is 4. The Kier molecular flexibility index (Phi) is 4.04. The second kappa shape index (κ2) is 5.17. The van der Waals surface area contributed by atoms with Gasteiger partial charge in [-0.1, -0.05) is 6.08 Å². The van der Waals surface area contributed by atoms with Crippen LogP contribution in [0, 0.1) is 29.4 Å². The summed E-state index contributed by atoms with van der Waals surface area (Å²) in [5.41, 5.74) is 0.0612. The van der Waals surface area contributed by atoms with Gasteiger partial charge in [0.1, 0.15) is 0 Å². The number of aliphatic carboxylic acids is 1. The fourth-order valence-corrected chi connectivity index (χ4v) is 1.81. The molecule has 0 aliphatic rings. The molecule has 19 heavy (non-hydrogen) atoms. The maximum Gasteiger partial charge on any atom is 0.313 e. The molecule has 1 unspecified atom stereocenters. The third kappa shape index (κ3) is 2.78. The first-order valence-electron chi connectivity index (χ1n) is 5.69. The first-order valence-corrected chi connectivity index (χ1v) is 5.69. The molecule has 0 aliphatic heterocycles. The molecular weight excluding hydrogens is 248 g/mol. The normalized spacial score (nSPS) is 13.6. The summed E-state index contributed by atoms with van der Waals surface area (Å²) in [5.74, 6) is -1.04. The number of hydrogen-bond donors (Lipinski definition) is 1. The number of nitro groups is 1. The quantitative estimate of drug-likeness (QED) is 0.500. The first-order chi connectivity index (χ1) is 8.73. The largest absolute Gasteiger partial charge is 0.481 e. The molecule has 0 amide bonds. The minimum atomic E-state index is -1.19. The lowest BCUT2D eigenvalue weighted by atomic mass is 9.84. The molecule has 0 saturated carbocycles. The number of pyridine rings is 1. The van der Waals surface area contributed by atoms with Crippen LogP contribution < -0.4 is 0 Å². The van der Waals surface area contributed by atoms with Crippen molar-refractivity contribution in [3.63, 3.8) is 0 Å². The molecule has 1 heterocycles. The van der Waals surface area contributed by atoms with E-state index in [1.807, 2.05) is 0 Å². The number of carboxylic acid groups (broad SMARTS) is 1. The van der Waals surface area contributed by atoms with E-state index < -0.39 is 16.3 Å². The number of aryl methyl sites for hydroxylation is 1. The third-order valence-corrected chi connectivity index (χ3v) is 3.23. The van der Waals surface area contributed by atoms with E-state index in [4.69, 9.17) is 0 Å². The second-order valence-electron chi connectivity index (χ2n) is 4.72. The monoisotopic (exact) mass is 264 g/mol. The second-order valence-corrected chi connectivity index (χ2v) is 4.72. The minimum Gasteiger partial charge on any atom is -0.481 e. The predicted molar refractivity (Wildman–Crippen MR) is 70.0 cm³/mol. The molecule has 1 rings (SSSR count). The van der Waals surface area contributed by atoms with Crippen molar-refractivity contribution in [2.24, 2.45) is 5.41 Å².